The van der Waals surface area contributed by atoms with E-state index < -0.39 is 5.54 Å². The van der Waals surface area contributed by atoms with Gasteiger partial charge in [0.25, 0.3) is 0 Å². The lowest BCUT2D eigenvalue weighted by Gasteiger charge is -2.42. The SMILES string of the molecule is Cc1ccc(-c2ccc3ncc4c(c3n2)N(C2CCN(C(=O)C(C)(C)N)CC2)C(=O)NC4)cn1. The quantitative estimate of drug-likeness (QED) is 0.622. The maximum absolute atomic E-state index is 13.1. The Balaban J connectivity index is 1.51. The molecule has 3 N–H and O–H groups in total. The highest BCUT2D eigenvalue weighted by Gasteiger charge is 2.37. The molecule has 0 bridgehead atoms. The molecule has 2 aliphatic rings. The van der Waals surface area contributed by atoms with Crippen LogP contribution in [0.25, 0.3) is 22.3 Å². The number of carbonyl (C=O) groups excluding carboxylic acids is 2. The molecule has 0 spiro atoms. The molecular formula is C25H29N7O2. The number of aryl methyl sites for hydroxylation is 1. The minimum Gasteiger partial charge on any atom is -0.341 e. The number of aromatic nitrogens is 3. The van der Waals surface area contributed by atoms with Gasteiger partial charge >= 0.3 is 6.03 Å². The Labute approximate surface area is 198 Å². The summed E-state index contributed by atoms with van der Waals surface area (Å²) in [5.74, 6) is -0.0675. The molecule has 0 aliphatic carbocycles. The second-order valence-corrected chi connectivity index (χ2v) is 9.66. The van der Waals surface area contributed by atoms with Crippen LogP contribution in [0.15, 0.2) is 36.7 Å². The van der Waals surface area contributed by atoms with Gasteiger partial charge in [0.05, 0.1) is 22.4 Å². The topological polar surface area (TPSA) is 117 Å². The monoisotopic (exact) mass is 459 g/mol. The van der Waals surface area contributed by atoms with E-state index in [1.807, 2.05) is 48.5 Å². The minimum absolute atomic E-state index is 0.0546. The lowest BCUT2D eigenvalue weighted by atomic mass is 9.97. The zero-order valence-corrected chi connectivity index (χ0v) is 19.7. The van der Waals surface area contributed by atoms with Crippen LogP contribution in [-0.4, -0.2) is 56.5 Å². The van der Waals surface area contributed by atoms with E-state index in [0.29, 0.717) is 38.0 Å². The van der Waals surface area contributed by atoms with Crippen LogP contribution in [0.4, 0.5) is 10.5 Å². The first-order valence-corrected chi connectivity index (χ1v) is 11.6. The lowest BCUT2D eigenvalue weighted by molar-refractivity contribution is -0.136. The number of urea groups is 1. The summed E-state index contributed by atoms with van der Waals surface area (Å²) in [7, 11) is 0. The minimum atomic E-state index is -0.908. The molecule has 0 unspecified atom stereocenters. The number of likely N-dealkylation sites (tertiary alicyclic amines) is 1. The fourth-order valence-electron chi connectivity index (χ4n) is 4.71. The van der Waals surface area contributed by atoms with E-state index in [9.17, 15) is 9.59 Å². The van der Waals surface area contributed by atoms with E-state index in [2.05, 4.69) is 15.3 Å². The highest BCUT2D eigenvalue weighted by atomic mass is 16.2. The summed E-state index contributed by atoms with van der Waals surface area (Å²) in [6.45, 7) is 6.91. The van der Waals surface area contributed by atoms with Gasteiger partial charge < -0.3 is 16.0 Å². The van der Waals surface area contributed by atoms with Crippen LogP contribution in [0.3, 0.4) is 0 Å². The van der Waals surface area contributed by atoms with Crippen LogP contribution in [0.1, 0.15) is 37.9 Å². The Morgan fingerprint density at radius 3 is 2.56 bits per heavy atom. The molecule has 9 heteroatoms. The Bertz CT molecular complexity index is 1260. The molecule has 5 rings (SSSR count). The molecule has 2 aliphatic heterocycles. The first-order valence-electron chi connectivity index (χ1n) is 11.6. The number of hydrogen-bond acceptors (Lipinski definition) is 6. The second-order valence-electron chi connectivity index (χ2n) is 9.66. The Hall–Kier alpha value is -3.59. The van der Waals surface area contributed by atoms with E-state index in [0.717, 1.165) is 33.7 Å². The number of hydrogen-bond donors (Lipinski definition) is 2. The number of nitrogens with zero attached hydrogens (tertiary/aromatic N) is 5. The van der Waals surface area contributed by atoms with Crippen molar-refractivity contribution in [2.75, 3.05) is 18.0 Å². The van der Waals surface area contributed by atoms with Crippen LogP contribution in [0.2, 0.25) is 0 Å². The fraction of sp³-hybridized carbons (Fsp3) is 0.400. The molecule has 1 fully saturated rings. The number of pyridine rings is 3. The van der Waals surface area contributed by atoms with Crippen LogP contribution >= 0.6 is 0 Å². The number of fused-ring (bicyclic) bond motifs is 3. The number of nitrogens with two attached hydrogens (primary N) is 1. The van der Waals surface area contributed by atoms with Gasteiger partial charge in [-0.1, -0.05) is 0 Å². The van der Waals surface area contributed by atoms with Crippen LogP contribution < -0.4 is 16.0 Å². The summed E-state index contributed by atoms with van der Waals surface area (Å²) in [5.41, 5.74) is 10.9. The van der Waals surface area contributed by atoms with Crippen molar-refractivity contribution < 1.29 is 9.59 Å². The Morgan fingerprint density at radius 2 is 1.88 bits per heavy atom. The highest BCUT2D eigenvalue weighted by Crippen LogP contribution is 2.36. The van der Waals surface area contributed by atoms with Crippen molar-refractivity contribution in [1.29, 1.82) is 0 Å². The van der Waals surface area contributed by atoms with E-state index in [4.69, 9.17) is 10.7 Å². The largest absolute Gasteiger partial charge is 0.341 e. The van der Waals surface area contributed by atoms with Crippen molar-refractivity contribution in [3.8, 4) is 11.3 Å². The Kier molecular flexibility index (Phi) is 5.44. The van der Waals surface area contributed by atoms with Gasteiger partial charge in [0, 0.05) is 54.9 Å². The molecule has 0 saturated carbocycles. The number of nitrogens with one attached hydrogen (secondary N) is 1. The third-order valence-electron chi connectivity index (χ3n) is 6.53. The van der Waals surface area contributed by atoms with Gasteiger partial charge in [-0.3, -0.25) is 19.7 Å². The van der Waals surface area contributed by atoms with E-state index >= 15 is 0 Å². The lowest BCUT2D eigenvalue weighted by Crippen LogP contribution is -2.57. The van der Waals surface area contributed by atoms with Gasteiger partial charge in [0.1, 0.15) is 5.52 Å². The Morgan fingerprint density at radius 1 is 1.12 bits per heavy atom. The number of carbonyl (C=O) groups is 2. The summed E-state index contributed by atoms with van der Waals surface area (Å²) in [6, 6.07) is 7.62. The number of anilines is 1. The molecular weight excluding hydrogens is 430 g/mol. The smallest absolute Gasteiger partial charge is 0.322 e. The normalized spacial score (nSPS) is 17.0. The molecule has 1 saturated heterocycles. The van der Waals surface area contributed by atoms with Gasteiger partial charge in [-0.15, -0.1) is 0 Å². The van der Waals surface area contributed by atoms with E-state index in [-0.39, 0.29) is 18.0 Å². The summed E-state index contributed by atoms with van der Waals surface area (Å²) in [5, 5.41) is 2.97. The third-order valence-corrected chi connectivity index (χ3v) is 6.53. The number of amides is 3. The molecule has 3 aromatic heterocycles. The number of piperidine rings is 1. The van der Waals surface area contributed by atoms with Crippen molar-refractivity contribution in [2.45, 2.75) is 51.7 Å². The van der Waals surface area contributed by atoms with Gasteiger partial charge in [-0.05, 0) is 57.9 Å². The fourth-order valence-corrected chi connectivity index (χ4v) is 4.71. The molecule has 34 heavy (non-hydrogen) atoms. The summed E-state index contributed by atoms with van der Waals surface area (Å²) < 4.78 is 0. The van der Waals surface area contributed by atoms with Gasteiger partial charge in [0.2, 0.25) is 5.91 Å². The van der Waals surface area contributed by atoms with E-state index in [1.54, 1.807) is 18.7 Å². The van der Waals surface area contributed by atoms with Crippen molar-refractivity contribution in [1.82, 2.24) is 25.2 Å². The van der Waals surface area contributed by atoms with Crippen LogP contribution in [0.5, 0.6) is 0 Å². The van der Waals surface area contributed by atoms with Crippen molar-refractivity contribution in [2.24, 2.45) is 5.73 Å². The maximum Gasteiger partial charge on any atom is 0.322 e. The summed E-state index contributed by atoms with van der Waals surface area (Å²) >= 11 is 0. The van der Waals surface area contributed by atoms with E-state index in [1.165, 1.54) is 0 Å². The van der Waals surface area contributed by atoms with Gasteiger partial charge in [0.15, 0.2) is 0 Å². The third kappa shape index (κ3) is 3.96. The molecule has 5 heterocycles. The van der Waals surface area contributed by atoms with Crippen LogP contribution in [-0.2, 0) is 11.3 Å². The standard InChI is InChI=1S/C25H29N7O2/c1-15-4-5-16(12-27-15)19-6-7-20-21(30-19)22-17(13-28-20)14-29-24(34)32(22)18-8-10-31(11-9-18)23(33)25(2,3)26/h4-7,12-13,18H,8-11,14,26H2,1-3H3,(H,29,34). The predicted octanol–water partition coefficient (Wildman–Crippen LogP) is 2.76. The zero-order valence-electron chi connectivity index (χ0n) is 19.7. The van der Waals surface area contributed by atoms with Crippen molar-refractivity contribution in [3.05, 3.63) is 47.9 Å². The average molecular weight is 460 g/mol. The summed E-state index contributed by atoms with van der Waals surface area (Å²) in [4.78, 5) is 43.3. The maximum atomic E-state index is 13.1. The first kappa shape index (κ1) is 22.2. The molecule has 9 nitrogen and oxygen atoms in total. The predicted molar refractivity (Wildman–Crippen MR) is 130 cm³/mol. The first-order chi connectivity index (χ1) is 16.2. The molecule has 0 radical (unpaired) electrons. The number of rotatable bonds is 3. The average Bonchev–Trinajstić information content (AvgIpc) is 2.83. The van der Waals surface area contributed by atoms with Crippen molar-refractivity contribution >= 4 is 28.7 Å². The van der Waals surface area contributed by atoms with Gasteiger partial charge in [-0.25, -0.2) is 9.78 Å². The van der Waals surface area contributed by atoms with Crippen LogP contribution in [0, 0.1) is 6.92 Å². The zero-order chi connectivity index (χ0) is 24.0. The second kappa shape index (κ2) is 8.32. The highest BCUT2D eigenvalue weighted by molar-refractivity contribution is 6.04. The summed E-state index contributed by atoms with van der Waals surface area (Å²) in [6.07, 6.45) is 4.96. The molecule has 0 atom stereocenters. The molecule has 176 valence electrons. The van der Waals surface area contributed by atoms with Crippen molar-refractivity contribution in [3.63, 3.8) is 0 Å². The molecule has 3 aromatic rings. The van der Waals surface area contributed by atoms with Gasteiger partial charge in [-0.2, -0.15) is 0 Å². The molecule has 0 aromatic carbocycles. The molecule has 3 amide bonds.